The Hall–Kier alpha value is -6.69. The van der Waals surface area contributed by atoms with Crippen molar-refractivity contribution >= 4 is 42.1 Å². The van der Waals surface area contributed by atoms with Gasteiger partial charge in [-0.25, -0.2) is 19.2 Å². The van der Waals surface area contributed by atoms with Crippen LogP contribution in [0.15, 0.2) is 96.0 Å². The van der Waals surface area contributed by atoms with Crippen LogP contribution in [0.4, 0.5) is 19.2 Å². The Labute approximate surface area is 355 Å². The van der Waals surface area contributed by atoms with E-state index in [-0.39, 0.29) is 63.8 Å². The van der Waals surface area contributed by atoms with E-state index < -0.39 is 36.5 Å². The number of carboxylic acid groups (broad SMARTS) is 2. The zero-order valence-corrected chi connectivity index (χ0v) is 34.4. The lowest BCUT2D eigenvalue weighted by molar-refractivity contribution is -0.142. The average molecular weight is 848 g/mol. The molecule has 0 bridgehead atoms. The van der Waals surface area contributed by atoms with Gasteiger partial charge in [0.05, 0.1) is 6.61 Å². The third-order valence-electron chi connectivity index (χ3n) is 8.85. The first-order valence-corrected chi connectivity index (χ1v) is 20.2. The molecule has 0 radical (unpaired) electrons. The van der Waals surface area contributed by atoms with Gasteiger partial charge in [-0.3, -0.25) is 25.2 Å². The summed E-state index contributed by atoms with van der Waals surface area (Å²) >= 11 is 0. The molecule has 0 saturated carbocycles. The van der Waals surface area contributed by atoms with Gasteiger partial charge in [0.2, 0.25) is 18.1 Å². The zero-order valence-electron chi connectivity index (χ0n) is 34.4. The lowest BCUT2D eigenvalue weighted by Gasteiger charge is -2.24. The number of carbonyl (C=O) groups excluding carboxylic acids is 4. The van der Waals surface area contributed by atoms with Crippen LogP contribution in [0.5, 0.6) is 0 Å². The first kappa shape index (κ1) is 48.7. The second-order valence-corrected chi connectivity index (χ2v) is 13.9. The Morgan fingerprint density at radius 2 is 1.25 bits per heavy atom. The van der Waals surface area contributed by atoms with Crippen molar-refractivity contribution in [3.05, 3.63) is 108 Å². The number of rotatable bonds is 25. The molecule has 0 fully saturated rings. The number of carbonyl (C=O) groups is 6. The summed E-state index contributed by atoms with van der Waals surface area (Å²) in [5, 5.41) is 30.4. The van der Waals surface area contributed by atoms with Crippen molar-refractivity contribution in [2.45, 2.75) is 90.4 Å². The van der Waals surface area contributed by atoms with Crippen LogP contribution >= 0.6 is 0 Å². The maximum atomic E-state index is 13.3. The third kappa shape index (κ3) is 22.3. The summed E-state index contributed by atoms with van der Waals surface area (Å²) < 4.78 is 16.5. The maximum absolute atomic E-state index is 13.3. The van der Waals surface area contributed by atoms with Crippen molar-refractivity contribution in [3.8, 4) is 0 Å². The summed E-state index contributed by atoms with van der Waals surface area (Å²) in [5.74, 6) is -1.17. The third-order valence-corrected chi connectivity index (χ3v) is 8.85. The van der Waals surface area contributed by atoms with Crippen molar-refractivity contribution in [1.82, 2.24) is 31.5 Å². The summed E-state index contributed by atoms with van der Waals surface area (Å²) in [7, 11) is 0. The van der Waals surface area contributed by atoms with Gasteiger partial charge < -0.3 is 45.3 Å². The molecule has 2 atom stereocenters. The predicted octanol–water partition coefficient (Wildman–Crippen LogP) is 5.73. The van der Waals surface area contributed by atoms with Crippen molar-refractivity contribution in [3.63, 3.8) is 0 Å². The number of amides is 6. The molecule has 0 spiro atoms. The van der Waals surface area contributed by atoms with Crippen LogP contribution in [0.25, 0.3) is 0 Å². The van der Waals surface area contributed by atoms with Crippen molar-refractivity contribution in [2.75, 3.05) is 26.2 Å². The first-order chi connectivity index (χ1) is 29.5. The van der Waals surface area contributed by atoms with Gasteiger partial charge in [0, 0.05) is 38.6 Å². The number of aliphatic imine (C=N–C) groups is 1. The van der Waals surface area contributed by atoms with Crippen molar-refractivity contribution < 1.29 is 53.2 Å². The molecule has 0 heterocycles. The van der Waals surface area contributed by atoms with E-state index in [1.165, 1.54) is 4.90 Å². The number of nitrogens with one attached hydrogen (secondary N) is 5. The molecule has 2 unspecified atom stereocenters. The fraction of sp³-hybridized carbons (Fsp3) is 0.419. The van der Waals surface area contributed by atoms with Crippen LogP contribution < -0.4 is 26.6 Å². The molecule has 0 saturated heterocycles. The number of unbranched alkanes of at least 4 members (excludes halogenated alkanes) is 4. The van der Waals surface area contributed by atoms with Crippen LogP contribution in [-0.4, -0.2) is 95.7 Å². The van der Waals surface area contributed by atoms with E-state index in [9.17, 15) is 28.8 Å². The van der Waals surface area contributed by atoms with E-state index in [2.05, 4.69) is 26.3 Å². The number of hydrogen-bond donors (Lipinski definition) is 7. The highest BCUT2D eigenvalue weighted by Gasteiger charge is 2.22. The van der Waals surface area contributed by atoms with Crippen LogP contribution in [-0.2, 0) is 43.6 Å². The van der Waals surface area contributed by atoms with E-state index in [1.54, 1.807) is 31.2 Å². The molecule has 3 rings (SSSR count). The molecule has 3 aromatic rings. The molecule has 18 heteroatoms. The van der Waals surface area contributed by atoms with Gasteiger partial charge in [-0.1, -0.05) is 104 Å². The largest absolute Gasteiger partial charge is 0.465 e. The van der Waals surface area contributed by atoms with Crippen LogP contribution in [0, 0.1) is 0 Å². The van der Waals surface area contributed by atoms with Gasteiger partial charge in [0.1, 0.15) is 13.2 Å². The Morgan fingerprint density at radius 3 is 1.85 bits per heavy atom. The van der Waals surface area contributed by atoms with Gasteiger partial charge in [0.25, 0.3) is 5.91 Å². The predicted molar refractivity (Wildman–Crippen MR) is 225 cm³/mol. The molecule has 7 N–H and O–H groups in total. The number of ether oxygens (including phenoxy) is 3. The molecule has 3 aromatic carbocycles. The molecule has 0 aromatic heterocycles. The van der Waals surface area contributed by atoms with Crippen LogP contribution in [0.1, 0.15) is 75.0 Å². The van der Waals surface area contributed by atoms with Crippen LogP contribution in [0.2, 0.25) is 0 Å². The molecule has 0 aliphatic heterocycles. The minimum atomic E-state index is -1.40. The van der Waals surface area contributed by atoms with Crippen LogP contribution in [0.3, 0.4) is 0 Å². The van der Waals surface area contributed by atoms with Gasteiger partial charge >= 0.3 is 24.4 Å². The molecule has 0 aliphatic rings. The smallest absolute Gasteiger partial charge is 0.414 e. The second-order valence-electron chi connectivity index (χ2n) is 13.9. The van der Waals surface area contributed by atoms with Crippen molar-refractivity contribution in [2.24, 2.45) is 4.99 Å². The topological polar surface area (TPSA) is 246 Å². The van der Waals surface area contributed by atoms with E-state index in [0.29, 0.717) is 51.5 Å². The van der Waals surface area contributed by atoms with E-state index in [0.717, 1.165) is 16.7 Å². The van der Waals surface area contributed by atoms with E-state index in [1.807, 2.05) is 72.0 Å². The lowest BCUT2D eigenvalue weighted by Crippen LogP contribution is -2.48. The molecule has 18 nitrogen and oxygen atoms in total. The van der Waals surface area contributed by atoms with Gasteiger partial charge in [-0.05, 0) is 55.7 Å². The van der Waals surface area contributed by atoms with Gasteiger partial charge in [-0.15, -0.1) is 0 Å². The van der Waals surface area contributed by atoms with Crippen molar-refractivity contribution in [1.29, 1.82) is 0 Å². The quantitative estimate of drug-likeness (QED) is 0.0235. The minimum Gasteiger partial charge on any atom is -0.465 e. The number of hydrogen-bond acceptors (Lipinski definition) is 10. The summed E-state index contributed by atoms with van der Waals surface area (Å²) in [6.45, 7) is 2.88. The normalized spacial score (nSPS) is 11.9. The highest BCUT2D eigenvalue weighted by Crippen LogP contribution is 2.09. The Bertz CT molecular complexity index is 1820. The number of nitrogens with zero attached hydrogens (tertiary/aromatic N) is 2. The fourth-order valence-corrected chi connectivity index (χ4v) is 5.63. The molecule has 6 amide bonds. The van der Waals surface area contributed by atoms with Gasteiger partial charge in [-0.2, -0.15) is 0 Å². The monoisotopic (exact) mass is 847 g/mol. The van der Waals surface area contributed by atoms with E-state index >= 15 is 0 Å². The van der Waals surface area contributed by atoms with E-state index in [4.69, 9.17) is 24.4 Å². The summed E-state index contributed by atoms with van der Waals surface area (Å²) in [4.78, 5) is 79.2. The molecular weight excluding hydrogens is 791 g/mol. The Kier molecular flexibility index (Phi) is 22.9. The summed E-state index contributed by atoms with van der Waals surface area (Å²) in [5.41, 5.74) is 2.40. The molecule has 330 valence electrons. The average Bonchev–Trinajstić information content (AvgIpc) is 3.24. The first-order valence-electron chi connectivity index (χ1n) is 20.2. The summed E-state index contributed by atoms with van der Waals surface area (Å²) in [6, 6.07) is 27.0. The highest BCUT2D eigenvalue weighted by atomic mass is 16.6. The highest BCUT2D eigenvalue weighted by molar-refractivity contribution is 6.00. The fourth-order valence-electron chi connectivity index (χ4n) is 5.63. The standard InChI is InChI=1S/C43H57N7O11/c1-32(46-40(53)54)24-28-50(43(58)61-31-35-21-11-6-12-22-35)27-16-15-25-44-37(52)38(59-29-33-17-7-4-8-18-33)47-36(51)23-13-2-3-14-26-45-39(48-41(55)56)49-42(57)60-30-34-19-9-5-10-20-34/h4-12,17-22,32,38,46H,2-3,13-16,23-31H2,1H3,(H,44,52)(H,47,51)(H,53,54)(H,55,56)(H2,45,48,49,57). The lowest BCUT2D eigenvalue weighted by atomic mass is 10.1. The summed E-state index contributed by atoms with van der Waals surface area (Å²) in [6.07, 6.45) is -1.37. The molecular formula is C43H57N7O11. The Balaban J connectivity index is 1.43. The molecule has 61 heavy (non-hydrogen) atoms. The minimum absolute atomic E-state index is 0.000116. The Morgan fingerprint density at radius 1 is 0.656 bits per heavy atom. The molecule has 0 aliphatic carbocycles. The number of benzene rings is 3. The second kappa shape index (κ2) is 28.7. The number of alkyl carbamates (subject to hydrolysis) is 1. The maximum Gasteiger partial charge on any atom is 0.414 e. The van der Waals surface area contributed by atoms with Gasteiger partial charge in [0.15, 0.2) is 0 Å². The number of guanidine groups is 1. The zero-order chi connectivity index (χ0) is 44.1. The SMILES string of the molecule is CC(CCN(CCCCNC(=O)C(NC(=O)CCCCCCN=C(NC(=O)O)NC(=O)OCc1ccccc1)OCc1ccccc1)C(=O)OCc1ccccc1)NC(=O)O.